The summed E-state index contributed by atoms with van der Waals surface area (Å²) in [5.41, 5.74) is 2.07. The molecule has 0 aliphatic rings. The van der Waals surface area contributed by atoms with E-state index in [2.05, 4.69) is 16.6 Å². The van der Waals surface area contributed by atoms with E-state index < -0.39 is 23.7 Å². The van der Waals surface area contributed by atoms with E-state index >= 15 is 0 Å². The molecule has 2 amide bonds. The highest BCUT2D eigenvalue weighted by atomic mass is 35.5. The molecule has 7 nitrogen and oxygen atoms in total. The van der Waals surface area contributed by atoms with Gasteiger partial charge in [0.15, 0.2) is 6.61 Å². The molecule has 0 aliphatic carbocycles. The Morgan fingerprint density at radius 1 is 1.11 bits per heavy atom. The molecule has 0 unspecified atom stereocenters. The fraction of sp³-hybridized carbons (Fsp3) is 0.368. The monoisotopic (exact) mass is 394 g/mol. The molecular formula is C19H23ClN2O5. The number of anilines is 1. The molecule has 0 aliphatic heterocycles. The molecule has 0 atom stereocenters. The van der Waals surface area contributed by atoms with Crippen LogP contribution in [0.2, 0.25) is 0 Å². The second-order valence-corrected chi connectivity index (χ2v) is 6.42. The van der Waals surface area contributed by atoms with Crippen LogP contribution in [0.3, 0.4) is 0 Å². The predicted octanol–water partition coefficient (Wildman–Crippen LogP) is 2.75. The molecule has 0 heterocycles. The maximum atomic E-state index is 12.9. The number of halogens is 1. The minimum atomic E-state index is -0.735. The van der Waals surface area contributed by atoms with Crippen molar-refractivity contribution < 1.29 is 23.9 Å². The predicted molar refractivity (Wildman–Crippen MR) is 103 cm³/mol. The standard InChI is InChI=1S/C19H23ClN2O5/c1-7-8-22(6)19(26)16-10(2)15(18(20)25)11(3)17(12(16)4)21-14(24)9-27-13(5)23/h7H,1,8-9H2,2-6H3,(H,21,24). The first-order valence-electron chi connectivity index (χ1n) is 8.16. The maximum absolute atomic E-state index is 12.9. The zero-order valence-electron chi connectivity index (χ0n) is 16.1. The number of rotatable bonds is 7. The Bertz CT molecular complexity index is 817. The summed E-state index contributed by atoms with van der Waals surface area (Å²) in [6.07, 6.45) is 1.58. The van der Waals surface area contributed by atoms with Crippen molar-refractivity contribution in [2.75, 3.05) is 25.5 Å². The zero-order valence-corrected chi connectivity index (χ0v) is 16.8. The molecule has 1 N–H and O–H groups in total. The van der Waals surface area contributed by atoms with Gasteiger partial charge in [-0.1, -0.05) is 6.08 Å². The highest BCUT2D eigenvalue weighted by Gasteiger charge is 2.26. The molecule has 1 aromatic carbocycles. The highest BCUT2D eigenvalue weighted by Crippen LogP contribution is 2.33. The number of amides is 2. The van der Waals surface area contributed by atoms with Gasteiger partial charge in [-0.2, -0.15) is 0 Å². The van der Waals surface area contributed by atoms with Crippen molar-refractivity contribution in [2.24, 2.45) is 0 Å². The van der Waals surface area contributed by atoms with Crippen LogP contribution >= 0.6 is 11.6 Å². The van der Waals surface area contributed by atoms with Gasteiger partial charge in [0.25, 0.3) is 17.1 Å². The van der Waals surface area contributed by atoms with Gasteiger partial charge in [-0.3, -0.25) is 19.2 Å². The van der Waals surface area contributed by atoms with E-state index in [4.69, 9.17) is 11.6 Å². The molecule has 0 fully saturated rings. The van der Waals surface area contributed by atoms with Crippen molar-refractivity contribution in [2.45, 2.75) is 27.7 Å². The Kier molecular flexibility index (Phi) is 7.72. The van der Waals surface area contributed by atoms with Gasteiger partial charge < -0.3 is 15.0 Å². The van der Waals surface area contributed by atoms with E-state index in [9.17, 15) is 19.2 Å². The number of ether oxygens (including phenoxy) is 1. The summed E-state index contributed by atoms with van der Waals surface area (Å²) in [7, 11) is 1.60. The Morgan fingerprint density at radius 3 is 2.15 bits per heavy atom. The number of nitrogens with zero attached hydrogens (tertiary/aromatic N) is 1. The molecule has 0 spiro atoms. The molecule has 27 heavy (non-hydrogen) atoms. The van der Waals surface area contributed by atoms with Crippen LogP contribution in [-0.4, -0.2) is 48.1 Å². The maximum Gasteiger partial charge on any atom is 0.303 e. The molecule has 0 saturated carbocycles. The van der Waals surface area contributed by atoms with Gasteiger partial charge in [0.2, 0.25) is 0 Å². The summed E-state index contributed by atoms with van der Waals surface area (Å²) in [4.78, 5) is 49.2. The summed E-state index contributed by atoms with van der Waals surface area (Å²) < 4.78 is 4.67. The Hall–Kier alpha value is -2.67. The molecule has 8 heteroatoms. The smallest absolute Gasteiger partial charge is 0.303 e. The van der Waals surface area contributed by atoms with Crippen LogP contribution < -0.4 is 5.32 Å². The average Bonchev–Trinajstić information content (AvgIpc) is 2.56. The third-order valence-electron chi connectivity index (χ3n) is 4.08. The summed E-state index contributed by atoms with van der Waals surface area (Å²) in [5.74, 6) is -1.52. The lowest BCUT2D eigenvalue weighted by atomic mass is 9.91. The van der Waals surface area contributed by atoms with Gasteiger partial charge in [-0.25, -0.2) is 0 Å². The van der Waals surface area contributed by atoms with E-state index in [0.29, 0.717) is 23.2 Å². The topological polar surface area (TPSA) is 92.8 Å². The Balaban J connectivity index is 3.52. The Morgan fingerprint density at radius 2 is 1.67 bits per heavy atom. The number of hydrogen-bond donors (Lipinski definition) is 1. The molecule has 146 valence electrons. The van der Waals surface area contributed by atoms with Crippen LogP contribution in [0.5, 0.6) is 0 Å². The molecule has 0 saturated heterocycles. The number of carbonyl (C=O) groups is 4. The molecular weight excluding hydrogens is 372 g/mol. The van der Waals surface area contributed by atoms with Crippen LogP contribution in [0.15, 0.2) is 12.7 Å². The third-order valence-corrected chi connectivity index (χ3v) is 4.27. The van der Waals surface area contributed by atoms with E-state index in [1.807, 2.05) is 0 Å². The normalized spacial score (nSPS) is 10.1. The SMILES string of the molecule is C=CCN(C)C(=O)c1c(C)c(NC(=O)COC(C)=O)c(C)c(C(=O)Cl)c1C. The van der Waals surface area contributed by atoms with Crippen LogP contribution in [-0.2, 0) is 14.3 Å². The van der Waals surface area contributed by atoms with Gasteiger partial charge in [-0.05, 0) is 49.1 Å². The number of benzene rings is 1. The third kappa shape index (κ3) is 5.17. The van der Waals surface area contributed by atoms with Crippen molar-refractivity contribution in [1.82, 2.24) is 4.90 Å². The quantitative estimate of drug-likeness (QED) is 0.436. The number of nitrogens with one attached hydrogen (secondary N) is 1. The van der Waals surface area contributed by atoms with Gasteiger partial charge in [-0.15, -0.1) is 6.58 Å². The largest absolute Gasteiger partial charge is 0.456 e. The van der Waals surface area contributed by atoms with Gasteiger partial charge in [0.1, 0.15) is 0 Å². The van der Waals surface area contributed by atoms with Crippen molar-refractivity contribution >= 4 is 40.3 Å². The van der Waals surface area contributed by atoms with E-state index in [1.54, 1.807) is 33.9 Å². The fourth-order valence-electron chi connectivity index (χ4n) is 2.83. The summed E-state index contributed by atoms with van der Waals surface area (Å²) in [6, 6.07) is 0. The summed E-state index contributed by atoms with van der Waals surface area (Å²) in [6.45, 7) is 9.54. The fourth-order valence-corrected chi connectivity index (χ4v) is 3.12. The number of carbonyl (C=O) groups excluding carboxylic acids is 4. The molecule has 1 aromatic rings. The lowest BCUT2D eigenvalue weighted by Crippen LogP contribution is -2.30. The Labute approximate surface area is 163 Å². The van der Waals surface area contributed by atoms with Crippen molar-refractivity contribution in [3.8, 4) is 0 Å². The van der Waals surface area contributed by atoms with E-state index in [0.717, 1.165) is 0 Å². The number of hydrogen-bond acceptors (Lipinski definition) is 5. The minimum absolute atomic E-state index is 0.153. The van der Waals surface area contributed by atoms with Gasteiger partial charge >= 0.3 is 5.97 Å². The first-order valence-corrected chi connectivity index (χ1v) is 8.53. The van der Waals surface area contributed by atoms with Crippen LogP contribution in [0.25, 0.3) is 0 Å². The summed E-state index contributed by atoms with van der Waals surface area (Å²) >= 11 is 5.73. The highest BCUT2D eigenvalue weighted by molar-refractivity contribution is 6.68. The second-order valence-electron chi connectivity index (χ2n) is 6.08. The average molecular weight is 395 g/mol. The van der Waals surface area contributed by atoms with Crippen molar-refractivity contribution in [3.05, 3.63) is 40.5 Å². The van der Waals surface area contributed by atoms with Gasteiger partial charge in [0, 0.05) is 37.3 Å². The lowest BCUT2D eigenvalue weighted by Gasteiger charge is -2.23. The molecule has 0 bridgehead atoms. The van der Waals surface area contributed by atoms with Crippen molar-refractivity contribution in [3.63, 3.8) is 0 Å². The minimum Gasteiger partial charge on any atom is -0.456 e. The van der Waals surface area contributed by atoms with Crippen molar-refractivity contribution in [1.29, 1.82) is 0 Å². The number of esters is 1. The lowest BCUT2D eigenvalue weighted by molar-refractivity contribution is -0.144. The summed E-state index contributed by atoms with van der Waals surface area (Å²) in [5, 5.41) is 1.87. The molecule has 1 rings (SSSR count). The van der Waals surface area contributed by atoms with Crippen LogP contribution in [0.1, 0.15) is 44.3 Å². The van der Waals surface area contributed by atoms with Crippen LogP contribution in [0.4, 0.5) is 5.69 Å². The zero-order chi connectivity index (χ0) is 20.9. The van der Waals surface area contributed by atoms with Gasteiger partial charge in [0.05, 0.1) is 0 Å². The van der Waals surface area contributed by atoms with E-state index in [1.165, 1.54) is 11.8 Å². The molecule has 0 aromatic heterocycles. The van der Waals surface area contributed by atoms with E-state index in [-0.39, 0.29) is 22.7 Å². The second kappa shape index (κ2) is 9.32. The first kappa shape index (κ1) is 22.4. The van der Waals surface area contributed by atoms with Crippen LogP contribution in [0, 0.1) is 20.8 Å². The first-order chi connectivity index (χ1) is 12.5. The molecule has 0 radical (unpaired) electrons. The number of likely N-dealkylation sites (N-methyl/N-ethyl adjacent to an activating group) is 1.